The number of hydrogen-bond acceptors (Lipinski definition) is 3. The van der Waals surface area contributed by atoms with Crippen LogP contribution in [0.3, 0.4) is 0 Å². The van der Waals surface area contributed by atoms with Crippen molar-refractivity contribution in [2.45, 2.75) is 44.2 Å². The second-order valence-electron chi connectivity index (χ2n) is 8.52. The van der Waals surface area contributed by atoms with E-state index in [9.17, 15) is 0 Å². The minimum atomic E-state index is -0.306. The van der Waals surface area contributed by atoms with Crippen molar-refractivity contribution in [3.8, 4) is 0 Å². The van der Waals surface area contributed by atoms with Gasteiger partial charge in [-0.15, -0.1) is 0 Å². The molecule has 4 unspecified atom stereocenters. The summed E-state index contributed by atoms with van der Waals surface area (Å²) in [6, 6.07) is 21.0. The predicted molar refractivity (Wildman–Crippen MR) is 105 cm³/mol. The van der Waals surface area contributed by atoms with Crippen molar-refractivity contribution in [3.63, 3.8) is 0 Å². The van der Waals surface area contributed by atoms with E-state index in [2.05, 4.69) is 62.5 Å². The Morgan fingerprint density at radius 2 is 1.54 bits per heavy atom. The molecule has 4 atom stereocenters. The maximum atomic E-state index is 5.02. The summed E-state index contributed by atoms with van der Waals surface area (Å²) in [4.78, 5) is 4.86. The lowest BCUT2D eigenvalue weighted by atomic mass is 9.63. The van der Waals surface area contributed by atoms with E-state index in [-0.39, 0.29) is 16.5 Å². The van der Waals surface area contributed by atoms with Gasteiger partial charge in [-0.2, -0.15) is 10.2 Å². The van der Waals surface area contributed by atoms with E-state index in [4.69, 9.17) is 15.2 Å². The van der Waals surface area contributed by atoms with E-state index in [0.29, 0.717) is 11.8 Å². The van der Waals surface area contributed by atoms with Crippen LogP contribution in [0.25, 0.3) is 0 Å². The highest BCUT2D eigenvalue weighted by atomic mass is 15.3. The van der Waals surface area contributed by atoms with E-state index >= 15 is 0 Å². The lowest BCUT2D eigenvalue weighted by Gasteiger charge is -2.40. The van der Waals surface area contributed by atoms with E-state index < -0.39 is 0 Å². The van der Waals surface area contributed by atoms with Crippen LogP contribution in [-0.4, -0.2) is 11.8 Å². The molecular weight excluding hydrogens is 318 g/mol. The number of azo groups is 1. The van der Waals surface area contributed by atoms with Gasteiger partial charge in [-0.1, -0.05) is 68.8 Å². The fraction of sp³-hybridized carbons (Fsp3) is 0.435. The molecular formula is C23H25N3. The molecule has 0 spiro atoms. The third-order valence-corrected chi connectivity index (χ3v) is 7.33. The van der Waals surface area contributed by atoms with Crippen LogP contribution in [0.2, 0.25) is 0 Å². The highest BCUT2D eigenvalue weighted by Gasteiger charge is 2.77. The van der Waals surface area contributed by atoms with Crippen molar-refractivity contribution < 1.29 is 0 Å². The van der Waals surface area contributed by atoms with Gasteiger partial charge >= 0.3 is 0 Å². The molecule has 0 amide bonds. The Morgan fingerprint density at radius 1 is 0.885 bits per heavy atom. The molecule has 132 valence electrons. The predicted octanol–water partition coefficient (Wildman–Crippen LogP) is 5.95. The van der Waals surface area contributed by atoms with Gasteiger partial charge in [0.1, 0.15) is 11.1 Å². The molecule has 2 aliphatic carbocycles. The molecule has 3 aliphatic rings. The summed E-state index contributed by atoms with van der Waals surface area (Å²) in [5.41, 5.74) is 1.69. The van der Waals surface area contributed by atoms with Crippen LogP contribution in [0.15, 0.2) is 75.9 Å². The summed E-state index contributed by atoms with van der Waals surface area (Å²) < 4.78 is 0. The van der Waals surface area contributed by atoms with E-state index in [1.54, 1.807) is 0 Å². The smallest absolute Gasteiger partial charge is 0.127 e. The third-order valence-electron chi connectivity index (χ3n) is 7.33. The van der Waals surface area contributed by atoms with Crippen LogP contribution in [0, 0.1) is 17.3 Å². The normalized spacial score (nSPS) is 36.7. The second-order valence-corrected chi connectivity index (χ2v) is 8.52. The topological polar surface area (TPSA) is 37.1 Å². The molecule has 5 rings (SSSR count). The van der Waals surface area contributed by atoms with Gasteiger partial charge in [0, 0.05) is 11.6 Å². The fourth-order valence-electron chi connectivity index (χ4n) is 6.07. The van der Waals surface area contributed by atoms with Crippen molar-refractivity contribution in [2.24, 2.45) is 32.5 Å². The number of rotatable bonds is 3. The van der Waals surface area contributed by atoms with Crippen LogP contribution in [0.5, 0.6) is 0 Å². The van der Waals surface area contributed by atoms with Gasteiger partial charge in [-0.3, -0.25) is 4.99 Å². The fourth-order valence-corrected chi connectivity index (χ4v) is 6.07. The largest absolute Gasteiger partial charge is 0.259 e. The quantitative estimate of drug-likeness (QED) is 0.618. The summed E-state index contributed by atoms with van der Waals surface area (Å²) in [7, 11) is 0. The number of fused-ring (bicyclic) bond motifs is 5. The Labute approximate surface area is 155 Å². The SMILES string of the molecule is CC1(C)C2(C=Nc3ccccc3)N=NC1(c1ccccc1)C1CCCC12. The van der Waals surface area contributed by atoms with Gasteiger partial charge in [0.15, 0.2) is 0 Å². The van der Waals surface area contributed by atoms with Crippen molar-refractivity contribution in [2.75, 3.05) is 0 Å². The first-order valence-corrected chi connectivity index (χ1v) is 9.72. The second kappa shape index (κ2) is 5.35. The van der Waals surface area contributed by atoms with Crippen LogP contribution in [-0.2, 0) is 5.54 Å². The zero-order chi connectivity index (χ0) is 17.8. The van der Waals surface area contributed by atoms with Crippen molar-refractivity contribution in [1.82, 2.24) is 0 Å². The minimum absolute atomic E-state index is 0.0879. The first-order chi connectivity index (χ1) is 12.6. The molecule has 3 heteroatoms. The summed E-state index contributed by atoms with van der Waals surface area (Å²) >= 11 is 0. The van der Waals surface area contributed by atoms with Gasteiger partial charge in [0.2, 0.25) is 0 Å². The zero-order valence-corrected chi connectivity index (χ0v) is 15.5. The molecule has 2 saturated carbocycles. The summed E-state index contributed by atoms with van der Waals surface area (Å²) in [6.45, 7) is 4.71. The van der Waals surface area contributed by atoms with Crippen LogP contribution in [0.4, 0.5) is 5.69 Å². The Balaban J connectivity index is 1.66. The van der Waals surface area contributed by atoms with Crippen LogP contribution in [0.1, 0.15) is 38.7 Å². The number of benzene rings is 2. The number of nitrogens with zero attached hydrogens (tertiary/aromatic N) is 3. The Kier molecular flexibility index (Phi) is 3.28. The highest BCUT2D eigenvalue weighted by molar-refractivity contribution is 5.78. The maximum Gasteiger partial charge on any atom is 0.127 e. The zero-order valence-electron chi connectivity index (χ0n) is 15.5. The molecule has 2 fully saturated rings. The summed E-state index contributed by atoms with van der Waals surface area (Å²) in [5.74, 6) is 1.09. The lowest BCUT2D eigenvalue weighted by molar-refractivity contribution is 0.171. The lowest BCUT2D eigenvalue weighted by Crippen LogP contribution is -2.47. The number of para-hydroxylation sites is 1. The number of aliphatic imine (C=N–C) groups is 1. The molecule has 0 radical (unpaired) electrons. The van der Waals surface area contributed by atoms with E-state index in [0.717, 1.165) is 5.69 Å². The molecule has 0 N–H and O–H groups in total. The molecule has 1 aliphatic heterocycles. The van der Waals surface area contributed by atoms with Gasteiger partial charge < -0.3 is 0 Å². The first-order valence-electron chi connectivity index (χ1n) is 9.72. The maximum absolute atomic E-state index is 5.02. The van der Waals surface area contributed by atoms with Crippen LogP contribution < -0.4 is 0 Å². The Bertz CT molecular complexity index is 871. The third kappa shape index (κ3) is 1.76. The minimum Gasteiger partial charge on any atom is -0.259 e. The molecule has 2 aromatic rings. The Morgan fingerprint density at radius 3 is 2.27 bits per heavy atom. The van der Waals surface area contributed by atoms with Gasteiger partial charge in [-0.05, 0) is 42.4 Å². The molecule has 26 heavy (non-hydrogen) atoms. The average Bonchev–Trinajstić information content (AvgIpc) is 3.29. The molecule has 0 saturated heterocycles. The van der Waals surface area contributed by atoms with E-state index in [1.807, 2.05) is 18.2 Å². The molecule has 0 aromatic heterocycles. The number of hydrogen-bond donors (Lipinski definition) is 0. The van der Waals surface area contributed by atoms with Crippen molar-refractivity contribution >= 4 is 11.9 Å². The molecule has 2 bridgehead atoms. The van der Waals surface area contributed by atoms with Crippen molar-refractivity contribution in [1.29, 1.82) is 0 Å². The van der Waals surface area contributed by atoms with Gasteiger partial charge in [-0.25, -0.2) is 0 Å². The monoisotopic (exact) mass is 343 g/mol. The van der Waals surface area contributed by atoms with Gasteiger partial charge in [0.05, 0.1) is 5.69 Å². The summed E-state index contributed by atoms with van der Waals surface area (Å²) in [5, 5.41) is 9.99. The summed E-state index contributed by atoms with van der Waals surface area (Å²) in [6.07, 6.45) is 5.87. The standard InChI is InChI=1S/C23H25N3/c1-21(2)22(16-24-18-12-7-4-8-13-18)19-14-9-15-20(19)23(21,26-25-22)17-10-5-3-6-11-17/h3-8,10-13,16,19-20H,9,14-15H2,1-2H3. The first kappa shape index (κ1) is 15.9. The highest BCUT2D eigenvalue weighted by Crippen LogP contribution is 2.73. The Hall–Kier alpha value is -2.29. The van der Waals surface area contributed by atoms with E-state index in [1.165, 1.54) is 24.8 Å². The van der Waals surface area contributed by atoms with Gasteiger partial charge in [0.25, 0.3) is 0 Å². The van der Waals surface area contributed by atoms with Crippen molar-refractivity contribution in [3.05, 3.63) is 66.2 Å². The van der Waals surface area contributed by atoms with Crippen LogP contribution >= 0.6 is 0 Å². The molecule has 2 aromatic carbocycles. The molecule has 3 nitrogen and oxygen atoms in total. The average molecular weight is 343 g/mol. The molecule has 1 heterocycles.